The van der Waals surface area contributed by atoms with Gasteiger partial charge in [0.2, 0.25) is 0 Å². The molecule has 5 heteroatoms. The lowest BCUT2D eigenvalue weighted by molar-refractivity contribution is -0.0758. The molecule has 1 aliphatic rings. The molecule has 0 spiro atoms. The highest BCUT2D eigenvalue weighted by atomic mass is 35.5. The van der Waals surface area contributed by atoms with Gasteiger partial charge in [0.15, 0.2) is 5.82 Å². The minimum atomic E-state index is -0.382. The molecule has 0 saturated carbocycles. The van der Waals surface area contributed by atoms with Crippen molar-refractivity contribution in [2.24, 2.45) is 0 Å². The van der Waals surface area contributed by atoms with E-state index in [0.717, 1.165) is 48.3 Å². The fraction of sp³-hybridized carbons (Fsp3) is 0.571. The zero-order valence-electron chi connectivity index (χ0n) is 11.2. The van der Waals surface area contributed by atoms with E-state index < -0.39 is 0 Å². The lowest BCUT2D eigenvalue weighted by Gasteiger charge is -2.32. The van der Waals surface area contributed by atoms with Crippen molar-refractivity contribution in [3.05, 3.63) is 21.9 Å². The normalized spacial score (nSPS) is 23.9. The van der Waals surface area contributed by atoms with Gasteiger partial charge in [0, 0.05) is 16.9 Å². The van der Waals surface area contributed by atoms with E-state index in [4.69, 9.17) is 21.3 Å². The molecule has 1 fully saturated rings. The zero-order valence-corrected chi connectivity index (χ0v) is 12.8. The maximum atomic E-state index is 6.31. The quantitative estimate of drug-likeness (QED) is 0.774. The summed E-state index contributed by atoms with van der Waals surface area (Å²) in [4.78, 5) is 11.4. The molecule has 102 valence electrons. The van der Waals surface area contributed by atoms with Gasteiger partial charge in [0.1, 0.15) is 15.6 Å². The second-order valence-corrected chi connectivity index (χ2v) is 6.63. The molecule has 0 amide bonds. The molecule has 0 aromatic carbocycles. The van der Waals surface area contributed by atoms with Crippen LogP contribution in [0.5, 0.6) is 0 Å². The van der Waals surface area contributed by atoms with Crippen molar-refractivity contribution in [1.29, 1.82) is 0 Å². The van der Waals surface area contributed by atoms with Crippen LogP contribution in [0.4, 0.5) is 0 Å². The molecule has 2 aromatic heterocycles. The number of aromatic nitrogens is 2. The van der Waals surface area contributed by atoms with E-state index in [9.17, 15) is 0 Å². The Morgan fingerprint density at radius 2 is 2.26 bits per heavy atom. The maximum Gasteiger partial charge on any atom is 0.163 e. The average Bonchev–Trinajstić information content (AvgIpc) is 2.83. The number of hydrogen-bond acceptors (Lipinski definition) is 4. The molecule has 3 nitrogen and oxygen atoms in total. The summed E-state index contributed by atoms with van der Waals surface area (Å²) in [6.45, 7) is 4.98. The minimum Gasteiger partial charge on any atom is -0.367 e. The summed E-state index contributed by atoms with van der Waals surface area (Å²) in [5.74, 6) is 0.731. The number of nitrogens with zero attached hydrogens (tertiary/aromatic N) is 2. The Hall–Kier alpha value is -0.710. The van der Waals surface area contributed by atoms with Gasteiger partial charge in [-0.3, -0.25) is 0 Å². The second kappa shape index (κ2) is 5.00. The molecular formula is C14H17ClN2OS. The molecule has 0 bridgehead atoms. The Labute approximate surface area is 122 Å². The van der Waals surface area contributed by atoms with Crippen LogP contribution in [-0.2, 0) is 16.8 Å². The van der Waals surface area contributed by atoms with Gasteiger partial charge in [-0.25, -0.2) is 9.97 Å². The van der Waals surface area contributed by atoms with Crippen molar-refractivity contribution < 1.29 is 4.74 Å². The minimum absolute atomic E-state index is 0.382. The molecule has 1 unspecified atom stereocenters. The zero-order chi connectivity index (χ0) is 13.5. The van der Waals surface area contributed by atoms with Crippen molar-refractivity contribution in [2.75, 3.05) is 6.61 Å². The van der Waals surface area contributed by atoms with E-state index >= 15 is 0 Å². The largest absolute Gasteiger partial charge is 0.367 e. The van der Waals surface area contributed by atoms with Crippen molar-refractivity contribution in [3.63, 3.8) is 0 Å². The van der Waals surface area contributed by atoms with Crippen molar-refractivity contribution in [3.8, 4) is 0 Å². The first kappa shape index (κ1) is 13.3. The van der Waals surface area contributed by atoms with Crippen molar-refractivity contribution >= 4 is 33.2 Å². The van der Waals surface area contributed by atoms with Crippen LogP contribution < -0.4 is 0 Å². The number of aryl methyl sites for hydroxylation is 1. The Morgan fingerprint density at radius 1 is 1.42 bits per heavy atom. The van der Waals surface area contributed by atoms with Crippen LogP contribution in [0.2, 0.25) is 5.15 Å². The summed E-state index contributed by atoms with van der Waals surface area (Å²) in [5.41, 5.74) is -0.382. The van der Waals surface area contributed by atoms with Crippen LogP contribution in [0.15, 0.2) is 6.07 Å². The van der Waals surface area contributed by atoms with Crippen LogP contribution in [0.1, 0.15) is 43.8 Å². The van der Waals surface area contributed by atoms with Crippen LogP contribution in [-0.4, -0.2) is 16.6 Å². The number of fused-ring (bicyclic) bond motifs is 1. The van der Waals surface area contributed by atoms with Crippen LogP contribution in [0, 0.1) is 0 Å². The highest BCUT2D eigenvalue weighted by molar-refractivity contribution is 7.18. The van der Waals surface area contributed by atoms with E-state index in [2.05, 4.69) is 24.9 Å². The highest BCUT2D eigenvalue weighted by Crippen LogP contribution is 2.36. The Balaban J connectivity index is 2.09. The fourth-order valence-electron chi connectivity index (χ4n) is 2.46. The Kier molecular flexibility index (Phi) is 3.50. The van der Waals surface area contributed by atoms with Crippen LogP contribution in [0.25, 0.3) is 10.2 Å². The molecule has 0 N–H and O–H groups in total. The predicted molar refractivity (Wildman–Crippen MR) is 79.0 cm³/mol. The summed E-state index contributed by atoms with van der Waals surface area (Å²) < 4.78 is 5.91. The predicted octanol–water partition coefficient (Wildman–Crippen LogP) is 4.32. The molecule has 2 aromatic rings. The van der Waals surface area contributed by atoms with Gasteiger partial charge in [0.25, 0.3) is 0 Å². The first-order valence-electron chi connectivity index (χ1n) is 6.73. The fourth-order valence-corrected chi connectivity index (χ4v) is 3.70. The first-order valence-corrected chi connectivity index (χ1v) is 7.92. The first-order chi connectivity index (χ1) is 9.12. The number of hydrogen-bond donors (Lipinski definition) is 0. The highest BCUT2D eigenvalue weighted by Gasteiger charge is 2.33. The lowest BCUT2D eigenvalue weighted by atomic mass is 9.95. The summed E-state index contributed by atoms with van der Waals surface area (Å²) in [6.07, 6.45) is 4.23. The molecule has 3 rings (SSSR count). The molecule has 1 atom stereocenters. The van der Waals surface area contributed by atoms with E-state index in [0.29, 0.717) is 5.15 Å². The third kappa shape index (κ3) is 2.37. The van der Waals surface area contributed by atoms with Gasteiger partial charge < -0.3 is 4.74 Å². The van der Waals surface area contributed by atoms with Gasteiger partial charge in [-0.15, -0.1) is 11.3 Å². The SMILES string of the molecule is CCc1cc2c(Cl)nc(C3(C)CCCCO3)nc2s1. The standard InChI is InChI=1S/C14H17ClN2OS/c1-3-9-8-10-11(15)16-13(17-12(10)19-9)14(2)6-4-5-7-18-14/h8H,3-7H2,1-2H3. The second-order valence-electron chi connectivity index (χ2n) is 5.16. The van der Waals surface area contributed by atoms with E-state index in [1.54, 1.807) is 11.3 Å². The average molecular weight is 297 g/mol. The van der Waals surface area contributed by atoms with Crippen LogP contribution >= 0.6 is 22.9 Å². The number of rotatable bonds is 2. The lowest BCUT2D eigenvalue weighted by Crippen LogP contribution is -2.32. The molecule has 1 saturated heterocycles. The molecule has 3 heterocycles. The van der Waals surface area contributed by atoms with E-state index in [1.165, 1.54) is 4.88 Å². The van der Waals surface area contributed by atoms with Gasteiger partial charge in [-0.05, 0) is 38.7 Å². The Bertz CT molecular complexity index is 605. The van der Waals surface area contributed by atoms with Gasteiger partial charge in [-0.2, -0.15) is 0 Å². The van der Waals surface area contributed by atoms with Gasteiger partial charge in [-0.1, -0.05) is 18.5 Å². The molecule has 19 heavy (non-hydrogen) atoms. The third-order valence-electron chi connectivity index (χ3n) is 3.69. The van der Waals surface area contributed by atoms with Gasteiger partial charge in [0.05, 0.1) is 0 Å². The molecular weight excluding hydrogens is 280 g/mol. The van der Waals surface area contributed by atoms with Crippen molar-refractivity contribution in [1.82, 2.24) is 9.97 Å². The monoisotopic (exact) mass is 296 g/mol. The molecule has 0 aliphatic carbocycles. The summed E-state index contributed by atoms with van der Waals surface area (Å²) in [5, 5.41) is 1.51. The van der Waals surface area contributed by atoms with E-state index in [1.807, 2.05) is 0 Å². The number of ether oxygens (including phenoxy) is 1. The summed E-state index contributed by atoms with van der Waals surface area (Å²) >= 11 is 8.01. The summed E-state index contributed by atoms with van der Waals surface area (Å²) in [7, 11) is 0. The summed E-state index contributed by atoms with van der Waals surface area (Å²) in [6, 6.07) is 2.09. The van der Waals surface area contributed by atoms with Gasteiger partial charge >= 0.3 is 0 Å². The van der Waals surface area contributed by atoms with Crippen molar-refractivity contribution in [2.45, 2.75) is 45.1 Å². The molecule has 1 aliphatic heterocycles. The topological polar surface area (TPSA) is 35.0 Å². The molecule has 0 radical (unpaired) electrons. The number of halogens is 1. The maximum absolute atomic E-state index is 6.31. The smallest absolute Gasteiger partial charge is 0.163 e. The third-order valence-corrected chi connectivity index (χ3v) is 5.15. The van der Waals surface area contributed by atoms with E-state index in [-0.39, 0.29) is 5.60 Å². The van der Waals surface area contributed by atoms with Crippen LogP contribution in [0.3, 0.4) is 0 Å². The number of thiophene rings is 1. The Morgan fingerprint density at radius 3 is 2.95 bits per heavy atom.